The minimum Gasteiger partial charge on any atom is -0.507 e. The number of thiazole rings is 1. The first kappa shape index (κ1) is 18.8. The second kappa shape index (κ2) is 7.90. The van der Waals surface area contributed by atoms with Crippen LogP contribution in [0.2, 0.25) is 0 Å². The van der Waals surface area contributed by atoms with Crippen LogP contribution in [0.4, 0.5) is 0 Å². The summed E-state index contributed by atoms with van der Waals surface area (Å²) in [6, 6.07) is 32.5. The first-order valence-electron chi connectivity index (χ1n) is 9.76. The van der Waals surface area contributed by atoms with Gasteiger partial charge in [0.2, 0.25) is 0 Å². The molecule has 0 amide bonds. The molecule has 0 atom stereocenters. The first-order valence-corrected chi connectivity index (χ1v) is 11.0. The number of phenolic OH excluding ortho intramolecular Hbond substituents is 1. The normalized spacial score (nSPS) is 11.1. The van der Waals surface area contributed by atoms with Gasteiger partial charge < -0.3 is 9.67 Å². The Bertz CT molecular complexity index is 1320. The maximum absolute atomic E-state index is 11.1. The van der Waals surface area contributed by atoms with Gasteiger partial charge in [0.05, 0.1) is 10.2 Å². The molecule has 0 saturated carbocycles. The molecule has 0 fully saturated rings. The zero-order valence-corrected chi connectivity index (χ0v) is 17.8. The molecule has 2 nitrogen and oxygen atoms in total. The fraction of sp³-hybridized carbons (Fsp3) is 0.0385. The molecule has 4 aromatic carbocycles. The molecule has 0 spiro atoms. The Morgan fingerprint density at radius 2 is 1.27 bits per heavy atom. The zero-order valence-electron chi connectivity index (χ0n) is 16.2. The van der Waals surface area contributed by atoms with Gasteiger partial charge in [-0.05, 0) is 53.2 Å². The van der Waals surface area contributed by atoms with E-state index in [4.69, 9.17) is 12.2 Å². The third kappa shape index (κ3) is 3.45. The molecule has 0 bridgehead atoms. The van der Waals surface area contributed by atoms with E-state index in [1.807, 2.05) is 72.8 Å². The predicted molar refractivity (Wildman–Crippen MR) is 129 cm³/mol. The summed E-state index contributed by atoms with van der Waals surface area (Å²) >= 11 is 7.29. The Hall–Kier alpha value is -3.21. The van der Waals surface area contributed by atoms with Gasteiger partial charge in [-0.3, -0.25) is 0 Å². The minimum atomic E-state index is 0.301. The van der Waals surface area contributed by atoms with Crippen LogP contribution in [0.15, 0.2) is 97.1 Å². The van der Waals surface area contributed by atoms with E-state index in [0.29, 0.717) is 12.3 Å². The summed E-state index contributed by atoms with van der Waals surface area (Å²) < 4.78 is 4.21. The Balaban J connectivity index is 1.70. The number of para-hydroxylation sites is 1. The number of hydrogen-bond donors (Lipinski definition) is 1. The van der Waals surface area contributed by atoms with Crippen molar-refractivity contribution >= 4 is 33.8 Å². The molecular weight excluding hydrogens is 406 g/mol. The highest BCUT2D eigenvalue weighted by molar-refractivity contribution is 7.73. The van der Waals surface area contributed by atoms with Crippen molar-refractivity contribution in [3.8, 4) is 28.0 Å². The Kier molecular flexibility index (Phi) is 4.95. The average Bonchev–Trinajstić information content (AvgIpc) is 3.11. The zero-order chi connectivity index (χ0) is 20.5. The van der Waals surface area contributed by atoms with Gasteiger partial charge in [-0.2, -0.15) is 0 Å². The lowest BCUT2D eigenvalue weighted by atomic mass is 9.94. The van der Waals surface area contributed by atoms with Crippen molar-refractivity contribution in [2.75, 3.05) is 0 Å². The molecule has 0 aliphatic heterocycles. The first-order chi connectivity index (χ1) is 14.7. The topological polar surface area (TPSA) is 25.2 Å². The Labute approximate surface area is 184 Å². The van der Waals surface area contributed by atoms with Crippen molar-refractivity contribution < 1.29 is 5.11 Å². The fourth-order valence-corrected chi connectivity index (χ4v) is 5.13. The van der Waals surface area contributed by atoms with Gasteiger partial charge in [-0.15, -0.1) is 11.3 Å². The van der Waals surface area contributed by atoms with Gasteiger partial charge in [-0.25, -0.2) is 0 Å². The van der Waals surface area contributed by atoms with Gasteiger partial charge in [0.1, 0.15) is 5.75 Å². The lowest BCUT2D eigenvalue weighted by molar-refractivity contribution is 0.479. The molecule has 1 heterocycles. The van der Waals surface area contributed by atoms with E-state index in [1.54, 1.807) is 11.3 Å². The van der Waals surface area contributed by atoms with E-state index in [2.05, 4.69) is 28.8 Å². The molecule has 0 radical (unpaired) electrons. The van der Waals surface area contributed by atoms with Crippen molar-refractivity contribution in [3.63, 3.8) is 0 Å². The number of benzene rings is 4. The van der Waals surface area contributed by atoms with E-state index in [1.165, 1.54) is 4.70 Å². The summed E-state index contributed by atoms with van der Waals surface area (Å²) in [7, 11) is 0. The van der Waals surface area contributed by atoms with Crippen LogP contribution in [-0.2, 0) is 6.54 Å². The SMILES string of the molecule is Oc1c(-c2ccccc2)cc(Cn2c(=S)sc3ccccc32)cc1-c1ccccc1. The van der Waals surface area contributed by atoms with Crippen molar-refractivity contribution in [2.45, 2.75) is 6.54 Å². The summed E-state index contributed by atoms with van der Waals surface area (Å²) in [5.74, 6) is 0.301. The maximum atomic E-state index is 11.1. The summed E-state index contributed by atoms with van der Waals surface area (Å²) in [6.45, 7) is 0.656. The van der Waals surface area contributed by atoms with Crippen LogP contribution < -0.4 is 0 Å². The molecule has 1 aromatic heterocycles. The molecular formula is C26H19NOS2. The highest BCUT2D eigenvalue weighted by Gasteiger charge is 2.15. The summed E-state index contributed by atoms with van der Waals surface area (Å²) in [5, 5.41) is 11.1. The fourth-order valence-electron chi connectivity index (χ4n) is 3.81. The van der Waals surface area contributed by atoms with Crippen LogP contribution in [0.25, 0.3) is 32.5 Å². The van der Waals surface area contributed by atoms with E-state index >= 15 is 0 Å². The highest BCUT2D eigenvalue weighted by atomic mass is 32.1. The van der Waals surface area contributed by atoms with Crippen LogP contribution in [0, 0.1) is 3.95 Å². The number of fused-ring (bicyclic) bond motifs is 1. The predicted octanol–water partition coefficient (Wildman–Crippen LogP) is 7.52. The smallest absolute Gasteiger partial charge is 0.162 e. The average molecular weight is 426 g/mol. The van der Waals surface area contributed by atoms with Crippen LogP contribution in [0.3, 0.4) is 0 Å². The summed E-state index contributed by atoms with van der Waals surface area (Å²) in [5.41, 5.74) is 5.89. The number of aromatic nitrogens is 1. The number of nitrogens with zero attached hydrogens (tertiary/aromatic N) is 1. The standard InChI is InChI=1S/C26H19NOS2/c28-25-21(19-9-3-1-4-10-19)15-18(16-22(25)20-11-5-2-6-12-20)17-27-23-13-7-8-14-24(23)30-26(27)29/h1-16,28H,17H2. The number of rotatable bonds is 4. The molecule has 0 aliphatic rings. The number of hydrogen-bond acceptors (Lipinski definition) is 3. The molecule has 0 aliphatic carbocycles. The second-order valence-electron chi connectivity index (χ2n) is 7.19. The van der Waals surface area contributed by atoms with E-state index in [0.717, 1.165) is 37.3 Å². The second-order valence-corrected chi connectivity index (χ2v) is 8.87. The molecule has 146 valence electrons. The lowest BCUT2D eigenvalue weighted by Gasteiger charge is -2.15. The number of phenols is 1. The highest BCUT2D eigenvalue weighted by Crippen LogP contribution is 2.39. The summed E-state index contributed by atoms with van der Waals surface area (Å²) in [4.78, 5) is 0. The maximum Gasteiger partial charge on any atom is 0.162 e. The molecule has 0 saturated heterocycles. The van der Waals surface area contributed by atoms with Gasteiger partial charge in [-0.1, -0.05) is 72.8 Å². The van der Waals surface area contributed by atoms with E-state index in [-0.39, 0.29) is 0 Å². The molecule has 0 unspecified atom stereocenters. The summed E-state index contributed by atoms with van der Waals surface area (Å²) in [6.07, 6.45) is 0. The Morgan fingerprint density at radius 1 is 0.733 bits per heavy atom. The van der Waals surface area contributed by atoms with E-state index < -0.39 is 0 Å². The van der Waals surface area contributed by atoms with Gasteiger partial charge >= 0.3 is 0 Å². The largest absolute Gasteiger partial charge is 0.507 e. The lowest BCUT2D eigenvalue weighted by Crippen LogP contribution is -2.00. The molecule has 30 heavy (non-hydrogen) atoms. The van der Waals surface area contributed by atoms with Crippen LogP contribution in [-0.4, -0.2) is 9.67 Å². The van der Waals surface area contributed by atoms with Crippen molar-refractivity contribution in [3.05, 3.63) is 107 Å². The third-order valence-electron chi connectivity index (χ3n) is 5.25. The monoisotopic (exact) mass is 425 g/mol. The van der Waals surface area contributed by atoms with Crippen LogP contribution in [0.5, 0.6) is 5.75 Å². The van der Waals surface area contributed by atoms with E-state index in [9.17, 15) is 5.11 Å². The minimum absolute atomic E-state index is 0.301. The number of aromatic hydroxyl groups is 1. The van der Waals surface area contributed by atoms with Crippen molar-refractivity contribution in [2.24, 2.45) is 0 Å². The van der Waals surface area contributed by atoms with Gasteiger partial charge in [0.25, 0.3) is 0 Å². The van der Waals surface area contributed by atoms with Crippen molar-refractivity contribution in [1.82, 2.24) is 4.57 Å². The quantitative estimate of drug-likeness (QED) is 0.301. The Morgan fingerprint density at radius 3 is 1.87 bits per heavy atom. The molecule has 1 N–H and O–H groups in total. The van der Waals surface area contributed by atoms with Crippen molar-refractivity contribution in [1.29, 1.82) is 0 Å². The van der Waals surface area contributed by atoms with Crippen LogP contribution >= 0.6 is 23.6 Å². The molecule has 5 aromatic rings. The van der Waals surface area contributed by atoms with Crippen LogP contribution in [0.1, 0.15) is 5.56 Å². The van der Waals surface area contributed by atoms with Gasteiger partial charge in [0, 0.05) is 17.7 Å². The molecule has 5 rings (SSSR count). The van der Waals surface area contributed by atoms with Gasteiger partial charge in [0.15, 0.2) is 3.95 Å². The molecule has 4 heteroatoms. The third-order valence-corrected chi connectivity index (χ3v) is 6.68.